The average molecular weight is 171 g/mol. The lowest BCUT2D eigenvalue weighted by Crippen LogP contribution is -1.99. The highest BCUT2D eigenvalue weighted by atomic mass is 19.4. The van der Waals surface area contributed by atoms with Gasteiger partial charge in [-0.05, 0) is 17.7 Å². The maximum atomic E-state index is 11.6. The fourth-order valence-electron chi connectivity index (χ4n) is 0.695. The number of rotatable bonds is 1. The average Bonchev–Trinajstić information content (AvgIpc) is 2.02. The summed E-state index contributed by atoms with van der Waals surface area (Å²) in [5.41, 5.74) is 0.426. The zero-order valence-electron chi connectivity index (χ0n) is 6.10. The molecule has 0 amide bonds. The molecule has 0 nitrogen and oxygen atoms in total. The van der Waals surface area contributed by atoms with Crippen LogP contribution in [0.5, 0.6) is 0 Å². The molecule has 1 aromatic carbocycles. The van der Waals surface area contributed by atoms with Crippen LogP contribution in [0.25, 0.3) is 6.08 Å². The molecule has 0 saturated heterocycles. The number of benzene rings is 1. The van der Waals surface area contributed by atoms with Crippen LogP contribution in [0.15, 0.2) is 30.3 Å². The van der Waals surface area contributed by atoms with Crippen LogP contribution in [0.3, 0.4) is 0 Å². The van der Waals surface area contributed by atoms with Crippen molar-refractivity contribution in [3.63, 3.8) is 0 Å². The summed E-state index contributed by atoms with van der Waals surface area (Å²) < 4.78 is 34.9. The Morgan fingerprint density at radius 2 is 2.00 bits per heavy atom. The molecule has 0 bridgehead atoms. The Bertz CT molecular complexity index is 259. The van der Waals surface area contributed by atoms with Gasteiger partial charge >= 0.3 is 6.18 Å². The Morgan fingerprint density at radius 1 is 1.25 bits per heavy atom. The molecular formula is C9H6F3. The minimum atomic E-state index is -4.25. The van der Waals surface area contributed by atoms with E-state index in [2.05, 4.69) is 6.07 Å². The highest BCUT2D eigenvalue weighted by molar-refractivity contribution is 5.48. The van der Waals surface area contributed by atoms with Gasteiger partial charge in [-0.15, -0.1) is 0 Å². The van der Waals surface area contributed by atoms with E-state index in [-0.39, 0.29) is 6.08 Å². The molecule has 1 rings (SSSR count). The smallest absolute Gasteiger partial charge is 0.167 e. The van der Waals surface area contributed by atoms with Crippen LogP contribution in [0.2, 0.25) is 0 Å². The molecule has 1 aromatic rings. The molecular weight excluding hydrogens is 165 g/mol. The Balaban J connectivity index is 2.71. The molecule has 0 heterocycles. The summed E-state index contributed by atoms with van der Waals surface area (Å²) in [5, 5.41) is 0. The van der Waals surface area contributed by atoms with Crippen molar-refractivity contribution >= 4 is 6.08 Å². The Labute approximate surface area is 68.3 Å². The highest BCUT2D eigenvalue weighted by Gasteiger charge is 2.21. The third kappa shape index (κ3) is 3.23. The largest absolute Gasteiger partial charge is 0.409 e. The first-order chi connectivity index (χ1) is 5.58. The summed E-state index contributed by atoms with van der Waals surface area (Å²) in [6.07, 6.45) is -3.07. The molecule has 0 N–H and O–H groups in total. The van der Waals surface area contributed by atoms with Gasteiger partial charge in [-0.2, -0.15) is 13.2 Å². The molecule has 12 heavy (non-hydrogen) atoms. The maximum Gasteiger partial charge on any atom is 0.409 e. The van der Waals surface area contributed by atoms with E-state index in [1.54, 1.807) is 24.3 Å². The van der Waals surface area contributed by atoms with Crippen molar-refractivity contribution in [3.05, 3.63) is 42.0 Å². The molecule has 0 aliphatic rings. The molecule has 0 fully saturated rings. The van der Waals surface area contributed by atoms with Gasteiger partial charge in [0.05, 0.1) is 0 Å². The predicted octanol–water partition coefficient (Wildman–Crippen LogP) is 3.06. The van der Waals surface area contributed by atoms with Crippen LogP contribution >= 0.6 is 0 Å². The normalized spacial score (nSPS) is 12.2. The van der Waals surface area contributed by atoms with Gasteiger partial charge in [0.2, 0.25) is 0 Å². The van der Waals surface area contributed by atoms with E-state index >= 15 is 0 Å². The second-order valence-corrected chi connectivity index (χ2v) is 2.19. The molecule has 0 aliphatic carbocycles. The molecule has 0 unspecified atom stereocenters. The van der Waals surface area contributed by atoms with E-state index in [1.165, 1.54) is 0 Å². The molecule has 0 spiro atoms. The molecule has 0 saturated carbocycles. The summed E-state index contributed by atoms with van der Waals surface area (Å²) >= 11 is 0. The van der Waals surface area contributed by atoms with Crippen molar-refractivity contribution in [2.75, 3.05) is 0 Å². The lowest BCUT2D eigenvalue weighted by Gasteiger charge is -1.96. The summed E-state index contributed by atoms with van der Waals surface area (Å²) in [7, 11) is 0. The molecule has 0 aromatic heterocycles. The topological polar surface area (TPSA) is 0 Å². The maximum absolute atomic E-state index is 11.6. The van der Waals surface area contributed by atoms with Crippen molar-refractivity contribution in [1.29, 1.82) is 0 Å². The van der Waals surface area contributed by atoms with Crippen LogP contribution in [-0.2, 0) is 0 Å². The van der Waals surface area contributed by atoms with Crippen molar-refractivity contribution in [3.8, 4) is 0 Å². The summed E-state index contributed by atoms with van der Waals surface area (Å²) in [6, 6.07) is 9.14. The quantitative estimate of drug-likeness (QED) is 0.609. The lowest BCUT2D eigenvalue weighted by atomic mass is 10.2. The number of hydrogen-bond donors (Lipinski definition) is 0. The first kappa shape index (κ1) is 8.84. The van der Waals surface area contributed by atoms with E-state index in [9.17, 15) is 13.2 Å². The van der Waals surface area contributed by atoms with Crippen LogP contribution in [0.4, 0.5) is 13.2 Å². The summed E-state index contributed by atoms with van der Waals surface area (Å²) in [5.74, 6) is 0. The fourth-order valence-corrected chi connectivity index (χ4v) is 0.695. The monoisotopic (exact) mass is 171 g/mol. The second-order valence-electron chi connectivity index (χ2n) is 2.19. The van der Waals surface area contributed by atoms with Gasteiger partial charge in [0.25, 0.3) is 0 Å². The van der Waals surface area contributed by atoms with Gasteiger partial charge in [-0.25, -0.2) is 0 Å². The van der Waals surface area contributed by atoms with E-state index in [0.717, 1.165) is 6.08 Å². The Hall–Kier alpha value is -1.25. The first-order valence-corrected chi connectivity index (χ1v) is 3.30. The lowest BCUT2D eigenvalue weighted by molar-refractivity contribution is -0.0790. The number of alkyl halides is 3. The zero-order chi connectivity index (χ0) is 9.03. The van der Waals surface area contributed by atoms with Gasteiger partial charge in [0.1, 0.15) is 0 Å². The molecule has 63 valence electrons. The van der Waals surface area contributed by atoms with Crippen LogP contribution in [-0.4, -0.2) is 6.18 Å². The van der Waals surface area contributed by atoms with Gasteiger partial charge in [-0.1, -0.05) is 24.3 Å². The molecule has 3 heteroatoms. The van der Waals surface area contributed by atoms with Crippen molar-refractivity contribution in [2.45, 2.75) is 6.18 Å². The molecule has 1 radical (unpaired) electrons. The number of halogens is 3. The van der Waals surface area contributed by atoms with E-state index < -0.39 is 6.18 Å². The van der Waals surface area contributed by atoms with Gasteiger partial charge in [0, 0.05) is 6.08 Å². The van der Waals surface area contributed by atoms with Crippen LogP contribution < -0.4 is 0 Å². The van der Waals surface area contributed by atoms with Crippen molar-refractivity contribution in [1.82, 2.24) is 0 Å². The van der Waals surface area contributed by atoms with Gasteiger partial charge < -0.3 is 0 Å². The fraction of sp³-hybridized carbons (Fsp3) is 0.111. The Morgan fingerprint density at radius 3 is 2.50 bits per heavy atom. The van der Waals surface area contributed by atoms with Gasteiger partial charge in [-0.3, -0.25) is 0 Å². The zero-order valence-corrected chi connectivity index (χ0v) is 6.10. The van der Waals surface area contributed by atoms with Crippen molar-refractivity contribution in [2.24, 2.45) is 0 Å². The minimum absolute atomic E-state index is 0.193. The second kappa shape index (κ2) is 3.43. The SMILES string of the molecule is FC(F)(F)C=Cc1[c]cccc1. The van der Waals surface area contributed by atoms with Crippen LogP contribution in [0.1, 0.15) is 5.56 Å². The first-order valence-electron chi connectivity index (χ1n) is 3.30. The third-order valence-corrected chi connectivity index (χ3v) is 1.18. The van der Waals surface area contributed by atoms with E-state index in [4.69, 9.17) is 0 Å². The van der Waals surface area contributed by atoms with Gasteiger partial charge in [0.15, 0.2) is 0 Å². The van der Waals surface area contributed by atoms with Crippen molar-refractivity contribution < 1.29 is 13.2 Å². The number of allylic oxidation sites excluding steroid dienone is 1. The third-order valence-electron chi connectivity index (χ3n) is 1.18. The minimum Gasteiger partial charge on any atom is -0.167 e. The van der Waals surface area contributed by atoms with E-state index in [1.807, 2.05) is 0 Å². The highest BCUT2D eigenvalue weighted by Crippen LogP contribution is 2.17. The summed E-state index contributed by atoms with van der Waals surface area (Å²) in [4.78, 5) is 0. The standard InChI is InChI=1S/C9H6F3/c10-9(11,12)7-6-8-4-2-1-3-5-8/h1-4,6-7H. The van der Waals surface area contributed by atoms with E-state index in [0.29, 0.717) is 5.56 Å². The molecule has 0 aliphatic heterocycles. The Kier molecular flexibility index (Phi) is 2.53. The summed E-state index contributed by atoms with van der Waals surface area (Å²) in [6.45, 7) is 0. The van der Waals surface area contributed by atoms with Crippen LogP contribution in [0, 0.1) is 6.07 Å². The molecule has 0 atom stereocenters. The number of hydrogen-bond acceptors (Lipinski definition) is 0. The predicted molar refractivity (Wildman–Crippen MR) is 40.4 cm³/mol.